The van der Waals surface area contributed by atoms with Gasteiger partial charge in [0.2, 0.25) is 0 Å². The highest BCUT2D eigenvalue weighted by atomic mass is 14.9. The van der Waals surface area contributed by atoms with Gasteiger partial charge in [-0.25, -0.2) is 9.97 Å². The number of rotatable bonds is 6. The molecule has 2 aliphatic carbocycles. The summed E-state index contributed by atoms with van der Waals surface area (Å²) in [4.78, 5) is 21.1. The van der Waals surface area contributed by atoms with Crippen LogP contribution in [0.1, 0.15) is 61.1 Å². The van der Waals surface area contributed by atoms with Gasteiger partial charge < -0.3 is 0 Å². The zero-order valence-electron chi connectivity index (χ0n) is 42.4. The maximum atomic E-state index is 5.73. The van der Waals surface area contributed by atoms with Crippen LogP contribution in [0.5, 0.6) is 0 Å². The molecule has 4 nitrogen and oxygen atoms in total. The third kappa shape index (κ3) is 6.67. The molecular weight excluding hydrogens is 897 g/mol. The van der Waals surface area contributed by atoms with Crippen LogP contribution in [0.2, 0.25) is 0 Å². The lowest BCUT2D eigenvalue weighted by molar-refractivity contribution is 0.660. The minimum absolute atomic E-state index is 0.151. The van der Waals surface area contributed by atoms with Crippen LogP contribution >= 0.6 is 0 Å². The molecular formula is C70H52N4. The summed E-state index contributed by atoms with van der Waals surface area (Å²) >= 11 is 0. The van der Waals surface area contributed by atoms with Gasteiger partial charge in [0, 0.05) is 67.2 Å². The van der Waals surface area contributed by atoms with E-state index in [0.29, 0.717) is 5.82 Å². The topological polar surface area (TPSA) is 51.6 Å². The van der Waals surface area contributed by atoms with Gasteiger partial charge in [0.25, 0.3) is 0 Å². The molecule has 0 saturated heterocycles. The van der Waals surface area contributed by atoms with Gasteiger partial charge in [0.1, 0.15) is 0 Å². The Balaban J connectivity index is 1.03. The summed E-state index contributed by atoms with van der Waals surface area (Å²) in [7, 11) is 0. The lowest BCUT2D eigenvalue weighted by atomic mass is 9.81. The predicted molar refractivity (Wildman–Crippen MR) is 307 cm³/mol. The fourth-order valence-corrected chi connectivity index (χ4v) is 12.6. The number of benzene rings is 9. The van der Waals surface area contributed by atoms with Crippen molar-refractivity contribution in [1.82, 2.24) is 19.9 Å². The Hall–Kier alpha value is -8.86. The van der Waals surface area contributed by atoms with E-state index in [1.807, 2.05) is 24.5 Å². The first kappa shape index (κ1) is 43.9. The van der Waals surface area contributed by atoms with Crippen molar-refractivity contribution in [2.45, 2.75) is 52.4 Å². The van der Waals surface area contributed by atoms with Gasteiger partial charge in [0.15, 0.2) is 5.82 Å². The molecule has 0 aliphatic heterocycles. The third-order valence-electron chi connectivity index (χ3n) is 16.4. The molecule has 4 heteroatoms. The zero-order chi connectivity index (χ0) is 50.0. The van der Waals surface area contributed by atoms with Crippen LogP contribution in [0.4, 0.5) is 0 Å². The molecule has 352 valence electrons. The minimum Gasteiger partial charge on any atom is -0.256 e. The smallest absolute Gasteiger partial charge is 0.160 e. The summed E-state index contributed by atoms with van der Waals surface area (Å²) in [6.07, 6.45) is 3.75. The number of para-hydroxylation sites is 2. The van der Waals surface area contributed by atoms with E-state index < -0.39 is 0 Å². The summed E-state index contributed by atoms with van der Waals surface area (Å²) in [5.74, 6) is 0.689. The van der Waals surface area contributed by atoms with E-state index >= 15 is 0 Å². The summed E-state index contributed by atoms with van der Waals surface area (Å²) in [5, 5.41) is 3.24. The number of fused-ring (bicyclic) bond motifs is 9. The molecule has 0 amide bonds. The summed E-state index contributed by atoms with van der Waals surface area (Å²) in [6, 6.07) is 71.3. The summed E-state index contributed by atoms with van der Waals surface area (Å²) < 4.78 is 0. The van der Waals surface area contributed by atoms with Gasteiger partial charge in [-0.2, -0.15) is 0 Å². The van der Waals surface area contributed by atoms with Crippen molar-refractivity contribution in [2.24, 2.45) is 0 Å². The Bertz CT molecular complexity index is 4340. The fraction of sp³-hybridized carbons (Fsp3) is 0.114. The monoisotopic (exact) mass is 948 g/mol. The van der Waals surface area contributed by atoms with Crippen molar-refractivity contribution >= 4 is 32.7 Å². The zero-order valence-corrected chi connectivity index (χ0v) is 42.4. The number of aromatic nitrogens is 4. The maximum absolute atomic E-state index is 5.73. The Morgan fingerprint density at radius 2 is 0.770 bits per heavy atom. The Morgan fingerprint density at radius 1 is 0.311 bits per heavy atom. The molecule has 14 rings (SSSR count). The van der Waals surface area contributed by atoms with E-state index in [-0.39, 0.29) is 10.8 Å². The quantitative estimate of drug-likeness (QED) is 0.167. The molecule has 0 N–H and O–H groups in total. The predicted octanol–water partition coefficient (Wildman–Crippen LogP) is 18.0. The highest BCUT2D eigenvalue weighted by molar-refractivity contribution is 6.06. The first-order valence-electron chi connectivity index (χ1n) is 25.8. The van der Waals surface area contributed by atoms with Gasteiger partial charge in [-0.3, -0.25) is 9.97 Å². The summed E-state index contributed by atoms with van der Waals surface area (Å²) in [6.45, 7) is 13.8. The fourth-order valence-electron chi connectivity index (χ4n) is 12.6. The molecule has 0 fully saturated rings. The van der Waals surface area contributed by atoms with Crippen LogP contribution in [0.25, 0.3) is 122 Å². The lowest BCUT2D eigenvalue weighted by Crippen LogP contribution is -2.15. The maximum Gasteiger partial charge on any atom is 0.160 e. The van der Waals surface area contributed by atoms with Crippen LogP contribution in [0.15, 0.2) is 207 Å². The molecule has 9 aromatic carbocycles. The van der Waals surface area contributed by atoms with Crippen molar-refractivity contribution in [1.29, 1.82) is 0 Å². The number of hydrogen-bond donors (Lipinski definition) is 0. The average molecular weight is 949 g/mol. The third-order valence-corrected chi connectivity index (χ3v) is 16.4. The van der Waals surface area contributed by atoms with Crippen molar-refractivity contribution in [2.75, 3.05) is 0 Å². The van der Waals surface area contributed by atoms with E-state index in [1.165, 1.54) is 50.1 Å². The number of aryl methyl sites for hydroxylation is 2. The minimum atomic E-state index is -0.182. The number of hydrogen-bond acceptors (Lipinski definition) is 4. The second kappa shape index (κ2) is 16.3. The molecule has 0 radical (unpaired) electrons. The van der Waals surface area contributed by atoms with E-state index in [4.69, 9.17) is 19.9 Å². The van der Waals surface area contributed by atoms with E-state index in [9.17, 15) is 0 Å². The molecule has 0 atom stereocenters. The average Bonchev–Trinajstić information content (AvgIpc) is 3.80. The van der Waals surface area contributed by atoms with Gasteiger partial charge in [0.05, 0.1) is 22.2 Å². The highest BCUT2D eigenvalue weighted by Crippen LogP contribution is 2.52. The number of nitrogens with zero attached hydrogens (tertiary/aromatic N) is 4. The van der Waals surface area contributed by atoms with Crippen molar-refractivity contribution in [3.8, 4) is 89.4 Å². The van der Waals surface area contributed by atoms with E-state index in [1.54, 1.807) is 0 Å². The lowest BCUT2D eigenvalue weighted by Gasteiger charge is -2.23. The standard InChI is InChI=1S/C70H52N4/c1-41-35-46(52-21-11-15-43-17-13-33-71-64(43)52)26-29-50(41)66-59-38-49(45-25-31-56-54-19-7-9-23-60(54)69(3,4)62(56)39-45)37-58(48-28-32-57-55-20-8-10-24-61(55)70(5,6)63(57)40-48)67(59)74-68(73-66)51-30-27-47(36-42(51)2)53-22-12-16-44-18-14-34-72-65(44)53/h7-40H,1-6H3. The van der Waals surface area contributed by atoms with Gasteiger partial charge in [-0.05, 0) is 134 Å². The molecule has 3 heterocycles. The first-order chi connectivity index (χ1) is 36.0. The molecule has 0 unspecified atom stereocenters. The Labute approximate surface area is 432 Å². The Kier molecular flexibility index (Phi) is 9.68. The molecule has 2 aliphatic rings. The van der Waals surface area contributed by atoms with Crippen LogP contribution in [-0.2, 0) is 10.8 Å². The van der Waals surface area contributed by atoms with Gasteiger partial charge in [-0.1, -0.05) is 185 Å². The highest BCUT2D eigenvalue weighted by Gasteiger charge is 2.37. The Morgan fingerprint density at radius 3 is 1.34 bits per heavy atom. The first-order valence-corrected chi connectivity index (χ1v) is 25.8. The molecule has 74 heavy (non-hydrogen) atoms. The van der Waals surface area contributed by atoms with Gasteiger partial charge in [-0.15, -0.1) is 0 Å². The molecule has 3 aromatic heterocycles. The van der Waals surface area contributed by atoms with Crippen LogP contribution in [-0.4, -0.2) is 19.9 Å². The van der Waals surface area contributed by atoms with E-state index in [2.05, 4.69) is 224 Å². The SMILES string of the molecule is Cc1cc(-c2cccc3cccnc23)ccc1-c1nc(-c2ccc(-c3cccc4cccnc34)cc2C)c2cc(-c3ccc4c(c3)C(C)(C)c3ccccc3-4)cc(-c3ccc4c(c3)C(C)(C)c3ccccc3-4)c2n1. The normalized spacial score (nSPS) is 13.8. The second-order valence-electron chi connectivity index (χ2n) is 21.5. The van der Waals surface area contributed by atoms with E-state index in [0.717, 1.165) is 99.6 Å². The largest absolute Gasteiger partial charge is 0.256 e. The molecule has 0 bridgehead atoms. The molecule has 12 aromatic rings. The summed E-state index contributed by atoms with van der Waals surface area (Å²) in [5.41, 5.74) is 27.3. The van der Waals surface area contributed by atoms with Crippen molar-refractivity contribution < 1.29 is 0 Å². The van der Waals surface area contributed by atoms with Crippen LogP contribution < -0.4 is 0 Å². The van der Waals surface area contributed by atoms with Crippen molar-refractivity contribution in [3.05, 3.63) is 240 Å². The molecule has 0 saturated carbocycles. The van der Waals surface area contributed by atoms with Crippen molar-refractivity contribution in [3.63, 3.8) is 0 Å². The van der Waals surface area contributed by atoms with Crippen LogP contribution in [0, 0.1) is 13.8 Å². The number of pyridine rings is 2. The second-order valence-corrected chi connectivity index (χ2v) is 21.5. The van der Waals surface area contributed by atoms with Gasteiger partial charge >= 0.3 is 0 Å². The molecule has 0 spiro atoms. The van der Waals surface area contributed by atoms with Crippen LogP contribution in [0.3, 0.4) is 0 Å².